The number of benzene rings is 3. The first-order chi connectivity index (χ1) is 18.6. The number of carboxylic acids is 1. The Labute approximate surface area is 229 Å². The molecular formula is C33H37F3O3. The number of carbonyl (C=O) groups is 1. The molecule has 6 heteroatoms. The highest BCUT2D eigenvalue weighted by Crippen LogP contribution is 2.45. The first-order valence-corrected chi connectivity index (χ1v) is 13.7. The van der Waals surface area contributed by atoms with Crippen LogP contribution in [0.4, 0.5) is 13.2 Å². The van der Waals surface area contributed by atoms with E-state index in [1.807, 2.05) is 36.4 Å². The third-order valence-electron chi connectivity index (χ3n) is 7.58. The van der Waals surface area contributed by atoms with Crippen LogP contribution in [0.2, 0.25) is 0 Å². The summed E-state index contributed by atoms with van der Waals surface area (Å²) in [6, 6.07) is 16.8. The third-order valence-corrected chi connectivity index (χ3v) is 7.58. The van der Waals surface area contributed by atoms with Gasteiger partial charge in [0, 0.05) is 11.1 Å². The number of hydrogen-bond donors (Lipinski definition) is 1. The fourth-order valence-corrected chi connectivity index (χ4v) is 5.56. The fourth-order valence-electron chi connectivity index (χ4n) is 5.56. The van der Waals surface area contributed by atoms with Crippen LogP contribution < -0.4 is 4.74 Å². The van der Waals surface area contributed by atoms with Crippen LogP contribution in [0.25, 0.3) is 11.1 Å². The predicted molar refractivity (Wildman–Crippen MR) is 148 cm³/mol. The first kappa shape index (κ1) is 28.7. The minimum absolute atomic E-state index is 0.0170. The number of hydrogen-bond acceptors (Lipinski definition) is 2. The van der Waals surface area contributed by atoms with Gasteiger partial charge >= 0.3 is 5.97 Å². The number of rotatable bonds is 13. The van der Waals surface area contributed by atoms with Crippen molar-refractivity contribution in [2.24, 2.45) is 11.3 Å². The lowest BCUT2D eigenvalue weighted by Crippen LogP contribution is -2.15. The van der Waals surface area contributed by atoms with Crippen molar-refractivity contribution in [1.29, 1.82) is 0 Å². The molecule has 1 aliphatic rings. The molecule has 3 aromatic rings. The molecule has 0 heterocycles. The Morgan fingerprint density at radius 1 is 1.03 bits per heavy atom. The van der Waals surface area contributed by atoms with Gasteiger partial charge in [-0.25, -0.2) is 13.2 Å². The fraction of sp³-hybridized carbons (Fsp3) is 0.424. The van der Waals surface area contributed by atoms with Gasteiger partial charge < -0.3 is 9.84 Å². The van der Waals surface area contributed by atoms with E-state index in [9.17, 15) is 23.1 Å². The van der Waals surface area contributed by atoms with Crippen LogP contribution in [0.5, 0.6) is 5.75 Å². The van der Waals surface area contributed by atoms with Gasteiger partial charge in [0.25, 0.3) is 6.43 Å². The Balaban J connectivity index is 1.61. The van der Waals surface area contributed by atoms with Gasteiger partial charge in [-0.1, -0.05) is 63.6 Å². The average molecular weight is 539 g/mol. The van der Waals surface area contributed by atoms with Crippen molar-refractivity contribution in [2.75, 3.05) is 0 Å². The number of halogens is 3. The molecule has 4 rings (SSSR count). The van der Waals surface area contributed by atoms with E-state index in [1.165, 1.54) is 6.07 Å². The minimum atomic E-state index is -2.68. The second kappa shape index (κ2) is 12.3. The molecule has 0 aromatic heterocycles. The van der Waals surface area contributed by atoms with E-state index < -0.39 is 18.2 Å². The topological polar surface area (TPSA) is 46.5 Å². The van der Waals surface area contributed by atoms with Crippen LogP contribution in [-0.4, -0.2) is 11.1 Å². The quantitative estimate of drug-likeness (QED) is 0.236. The van der Waals surface area contributed by atoms with Crippen molar-refractivity contribution in [3.8, 4) is 16.9 Å². The number of alkyl halides is 2. The molecule has 39 heavy (non-hydrogen) atoms. The van der Waals surface area contributed by atoms with E-state index >= 15 is 0 Å². The second-order valence-corrected chi connectivity index (χ2v) is 11.5. The Kier molecular flexibility index (Phi) is 9.04. The maximum atomic E-state index is 14.9. The van der Waals surface area contributed by atoms with Gasteiger partial charge in [-0.2, -0.15) is 0 Å². The van der Waals surface area contributed by atoms with Gasteiger partial charge in [0.1, 0.15) is 18.2 Å². The van der Waals surface area contributed by atoms with Gasteiger partial charge in [-0.3, -0.25) is 4.79 Å². The summed E-state index contributed by atoms with van der Waals surface area (Å²) in [7, 11) is 0. The van der Waals surface area contributed by atoms with E-state index in [0.717, 1.165) is 54.5 Å². The van der Waals surface area contributed by atoms with Crippen molar-refractivity contribution >= 4 is 5.97 Å². The maximum absolute atomic E-state index is 14.9. The van der Waals surface area contributed by atoms with Crippen molar-refractivity contribution in [3.05, 3.63) is 88.7 Å². The number of ether oxygens (including phenoxy) is 1. The van der Waals surface area contributed by atoms with Crippen LogP contribution >= 0.6 is 0 Å². The Morgan fingerprint density at radius 3 is 2.46 bits per heavy atom. The molecule has 0 aliphatic heterocycles. The molecule has 1 aliphatic carbocycles. The maximum Gasteiger partial charge on any atom is 0.303 e. The molecule has 0 saturated heterocycles. The highest BCUT2D eigenvalue weighted by Gasteiger charge is 2.34. The Morgan fingerprint density at radius 2 is 1.79 bits per heavy atom. The van der Waals surface area contributed by atoms with E-state index in [0.29, 0.717) is 23.7 Å². The smallest absolute Gasteiger partial charge is 0.303 e. The first-order valence-electron chi connectivity index (χ1n) is 13.7. The van der Waals surface area contributed by atoms with Gasteiger partial charge in [0.15, 0.2) is 0 Å². The summed E-state index contributed by atoms with van der Waals surface area (Å²) < 4.78 is 47.8. The summed E-state index contributed by atoms with van der Waals surface area (Å²) in [5, 5.41) is 9.36. The molecule has 1 N–H and O–H groups in total. The van der Waals surface area contributed by atoms with Crippen molar-refractivity contribution < 1.29 is 27.8 Å². The Hall–Kier alpha value is -3.28. The molecule has 0 radical (unpaired) electrons. The SMILES string of the molecule is CCCC(C)(C)Cc1cc(COc2cccc(C(CC(=O)O)C3CC3)c2)ccc1-c1cc(C(F)F)ccc1F. The summed E-state index contributed by atoms with van der Waals surface area (Å²) in [4.78, 5) is 11.4. The number of aliphatic carboxylic acids is 1. The molecule has 1 atom stereocenters. The molecule has 1 fully saturated rings. The van der Waals surface area contributed by atoms with Gasteiger partial charge in [-0.05, 0) is 89.5 Å². The van der Waals surface area contributed by atoms with Crippen molar-refractivity contribution in [1.82, 2.24) is 0 Å². The van der Waals surface area contributed by atoms with Crippen LogP contribution in [0, 0.1) is 17.2 Å². The van der Waals surface area contributed by atoms with E-state index in [-0.39, 0.29) is 35.5 Å². The van der Waals surface area contributed by atoms with Crippen LogP contribution in [0.1, 0.15) is 87.5 Å². The highest BCUT2D eigenvalue weighted by molar-refractivity contribution is 5.70. The van der Waals surface area contributed by atoms with E-state index in [1.54, 1.807) is 6.07 Å². The molecule has 208 valence electrons. The summed E-state index contributed by atoms with van der Waals surface area (Å²) in [5.74, 6) is -0.275. The van der Waals surface area contributed by atoms with Crippen LogP contribution in [-0.2, 0) is 17.8 Å². The highest BCUT2D eigenvalue weighted by atomic mass is 19.3. The molecule has 0 amide bonds. The van der Waals surface area contributed by atoms with Crippen LogP contribution in [0.3, 0.4) is 0 Å². The standard InChI is InChI=1S/C33H37F3O3/c1-4-14-33(2,3)19-25-15-21(8-12-27(25)29-17-24(32(35)36)11-13-30(29)34)20-39-26-7-5-6-23(16-26)28(18-31(37)38)22-9-10-22/h5-8,11-13,15-17,22,28,32H,4,9-10,14,18-20H2,1-3H3,(H,37,38). The lowest BCUT2D eigenvalue weighted by Gasteiger charge is -2.26. The minimum Gasteiger partial charge on any atom is -0.489 e. The molecule has 3 aromatic carbocycles. The molecule has 0 spiro atoms. The van der Waals surface area contributed by atoms with Crippen molar-refractivity contribution in [2.45, 2.75) is 78.2 Å². The average Bonchev–Trinajstić information content (AvgIpc) is 3.72. The molecular weight excluding hydrogens is 501 g/mol. The summed E-state index contributed by atoms with van der Waals surface area (Å²) in [6.07, 6.45) is 2.16. The van der Waals surface area contributed by atoms with E-state index in [2.05, 4.69) is 20.8 Å². The largest absolute Gasteiger partial charge is 0.489 e. The predicted octanol–water partition coefficient (Wildman–Crippen LogP) is 9.35. The lowest BCUT2D eigenvalue weighted by molar-refractivity contribution is -0.137. The van der Waals surface area contributed by atoms with E-state index in [4.69, 9.17) is 4.74 Å². The zero-order valence-corrected chi connectivity index (χ0v) is 22.9. The van der Waals surface area contributed by atoms with Gasteiger partial charge in [0.05, 0.1) is 6.42 Å². The monoisotopic (exact) mass is 538 g/mol. The Bertz CT molecular complexity index is 1300. The molecule has 0 bridgehead atoms. The van der Waals surface area contributed by atoms with Gasteiger partial charge in [-0.15, -0.1) is 0 Å². The zero-order valence-electron chi connectivity index (χ0n) is 22.9. The normalized spacial score (nSPS) is 14.4. The summed E-state index contributed by atoms with van der Waals surface area (Å²) >= 11 is 0. The third kappa shape index (κ3) is 7.65. The van der Waals surface area contributed by atoms with Crippen molar-refractivity contribution in [3.63, 3.8) is 0 Å². The van der Waals surface area contributed by atoms with Crippen LogP contribution in [0.15, 0.2) is 60.7 Å². The lowest BCUT2D eigenvalue weighted by atomic mass is 9.79. The van der Waals surface area contributed by atoms with Gasteiger partial charge in [0.2, 0.25) is 0 Å². The zero-order chi connectivity index (χ0) is 28.2. The number of carboxylic acid groups (broad SMARTS) is 1. The summed E-state index contributed by atoms with van der Waals surface area (Å²) in [5.41, 5.74) is 3.29. The summed E-state index contributed by atoms with van der Waals surface area (Å²) in [6.45, 7) is 6.72. The second-order valence-electron chi connectivity index (χ2n) is 11.5. The molecule has 1 saturated carbocycles. The molecule has 3 nitrogen and oxygen atoms in total. The molecule has 1 unspecified atom stereocenters.